The van der Waals surface area contributed by atoms with Crippen molar-refractivity contribution < 1.29 is 4.79 Å². The molecule has 1 N–H and O–H groups in total. The van der Waals surface area contributed by atoms with Crippen LogP contribution in [0, 0.1) is 0 Å². The third kappa shape index (κ3) is 2.56. The van der Waals surface area contributed by atoms with Gasteiger partial charge in [-0.15, -0.1) is 0 Å². The second-order valence-corrected chi connectivity index (χ2v) is 4.89. The number of aromatic nitrogens is 1. The highest BCUT2D eigenvalue weighted by atomic mass is 16.1. The predicted octanol–water partition coefficient (Wildman–Crippen LogP) is 2.08. The van der Waals surface area contributed by atoms with Crippen LogP contribution in [0.25, 0.3) is 0 Å². The van der Waals surface area contributed by atoms with Gasteiger partial charge in [-0.3, -0.25) is 9.78 Å². The van der Waals surface area contributed by atoms with Crippen molar-refractivity contribution in [3.63, 3.8) is 0 Å². The van der Waals surface area contributed by atoms with E-state index in [1.165, 1.54) is 11.1 Å². The Kier molecular flexibility index (Phi) is 3.38. The Bertz CT molecular complexity index is 580. The Morgan fingerprint density at radius 2 is 2.16 bits per heavy atom. The van der Waals surface area contributed by atoms with Crippen molar-refractivity contribution >= 4 is 5.78 Å². The Morgan fingerprint density at radius 3 is 3.00 bits per heavy atom. The van der Waals surface area contributed by atoms with Gasteiger partial charge in [0.05, 0.1) is 5.92 Å². The van der Waals surface area contributed by atoms with Gasteiger partial charge in [-0.05, 0) is 22.8 Å². The number of hydrogen-bond acceptors (Lipinski definition) is 3. The van der Waals surface area contributed by atoms with E-state index in [2.05, 4.69) is 22.4 Å². The first-order valence-corrected chi connectivity index (χ1v) is 6.55. The lowest BCUT2D eigenvalue weighted by atomic mass is 9.86. The summed E-state index contributed by atoms with van der Waals surface area (Å²) in [5.41, 5.74) is 3.39. The van der Waals surface area contributed by atoms with Crippen LogP contribution >= 0.6 is 0 Å². The molecular formula is C16H16N2O. The topological polar surface area (TPSA) is 42.0 Å². The third-order valence-corrected chi connectivity index (χ3v) is 3.58. The normalized spacial score (nSPS) is 17.8. The van der Waals surface area contributed by atoms with Crippen LogP contribution in [0.4, 0.5) is 0 Å². The van der Waals surface area contributed by atoms with Gasteiger partial charge in [0.15, 0.2) is 0 Å². The van der Waals surface area contributed by atoms with Gasteiger partial charge in [-0.25, -0.2) is 0 Å². The van der Waals surface area contributed by atoms with Gasteiger partial charge in [0.25, 0.3) is 0 Å². The first kappa shape index (κ1) is 12.1. The predicted molar refractivity (Wildman–Crippen MR) is 73.8 cm³/mol. The molecule has 3 rings (SSSR count). The van der Waals surface area contributed by atoms with E-state index in [0.29, 0.717) is 6.42 Å². The van der Waals surface area contributed by atoms with Crippen molar-refractivity contribution in [2.24, 2.45) is 0 Å². The van der Waals surface area contributed by atoms with Crippen molar-refractivity contribution in [3.8, 4) is 0 Å². The molecule has 3 heteroatoms. The molecule has 0 fully saturated rings. The minimum absolute atomic E-state index is 0.0369. The second kappa shape index (κ2) is 5.33. The zero-order valence-electron chi connectivity index (χ0n) is 10.7. The standard InChI is InChI=1S/C16H16N2O/c19-16(8-12-4-3-7-17-9-12)15-11-18-10-13-5-1-2-6-14(13)15/h1-7,9,15,18H,8,10-11H2. The zero-order valence-corrected chi connectivity index (χ0v) is 10.7. The minimum Gasteiger partial charge on any atom is -0.312 e. The molecule has 0 amide bonds. The summed E-state index contributed by atoms with van der Waals surface area (Å²) in [6, 6.07) is 12.0. The molecule has 0 bridgehead atoms. The number of hydrogen-bond donors (Lipinski definition) is 1. The summed E-state index contributed by atoms with van der Waals surface area (Å²) in [4.78, 5) is 16.5. The molecule has 0 spiro atoms. The van der Waals surface area contributed by atoms with E-state index in [0.717, 1.165) is 18.7 Å². The van der Waals surface area contributed by atoms with E-state index >= 15 is 0 Å². The van der Waals surface area contributed by atoms with Crippen LogP contribution in [-0.2, 0) is 17.8 Å². The van der Waals surface area contributed by atoms with Crippen LogP contribution in [0.1, 0.15) is 22.6 Å². The van der Waals surface area contributed by atoms with E-state index in [1.54, 1.807) is 12.4 Å². The van der Waals surface area contributed by atoms with Gasteiger partial charge in [-0.1, -0.05) is 30.3 Å². The maximum Gasteiger partial charge on any atom is 0.146 e. The van der Waals surface area contributed by atoms with Gasteiger partial charge in [0, 0.05) is 31.9 Å². The fraction of sp³-hybridized carbons (Fsp3) is 0.250. The summed E-state index contributed by atoms with van der Waals surface area (Å²) in [7, 11) is 0. The summed E-state index contributed by atoms with van der Waals surface area (Å²) in [6.07, 6.45) is 3.94. The summed E-state index contributed by atoms with van der Waals surface area (Å²) < 4.78 is 0. The Labute approximate surface area is 112 Å². The first-order chi connectivity index (χ1) is 9.34. The Balaban J connectivity index is 1.82. The van der Waals surface area contributed by atoms with Crippen LogP contribution in [0.2, 0.25) is 0 Å². The van der Waals surface area contributed by atoms with Crippen LogP contribution in [-0.4, -0.2) is 17.3 Å². The van der Waals surface area contributed by atoms with E-state index in [-0.39, 0.29) is 11.7 Å². The number of ketones is 1. The lowest BCUT2D eigenvalue weighted by Gasteiger charge is -2.25. The maximum absolute atomic E-state index is 12.5. The van der Waals surface area contributed by atoms with Gasteiger partial charge < -0.3 is 5.32 Å². The molecule has 1 aromatic carbocycles. The molecule has 0 saturated heterocycles. The number of fused-ring (bicyclic) bond motifs is 1. The molecule has 0 aliphatic carbocycles. The number of benzene rings is 1. The minimum atomic E-state index is -0.0369. The van der Waals surface area contributed by atoms with Gasteiger partial charge in [0.1, 0.15) is 5.78 Å². The molecule has 0 saturated carbocycles. The average Bonchev–Trinajstić information content (AvgIpc) is 2.47. The molecule has 3 nitrogen and oxygen atoms in total. The van der Waals surface area contributed by atoms with Crippen LogP contribution in [0.15, 0.2) is 48.8 Å². The second-order valence-electron chi connectivity index (χ2n) is 4.89. The average molecular weight is 252 g/mol. The summed E-state index contributed by atoms with van der Waals surface area (Å²) in [5.74, 6) is 0.220. The molecule has 1 aliphatic rings. The van der Waals surface area contributed by atoms with Crippen molar-refractivity contribution in [3.05, 3.63) is 65.5 Å². The highest BCUT2D eigenvalue weighted by molar-refractivity contribution is 5.88. The number of nitrogens with zero attached hydrogens (tertiary/aromatic N) is 1. The van der Waals surface area contributed by atoms with Gasteiger partial charge in [0.2, 0.25) is 0 Å². The van der Waals surface area contributed by atoms with E-state index < -0.39 is 0 Å². The first-order valence-electron chi connectivity index (χ1n) is 6.55. The van der Waals surface area contributed by atoms with Crippen LogP contribution < -0.4 is 5.32 Å². The molecule has 2 aromatic rings. The highest BCUT2D eigenvalue weighted by Crippen LogP contribution is 2.25. The number of carbonyl (C=O) groups is 1. The van der Waals surface area contributed by atoms with Crippen molar-refractivity contribution in [1.82, 2.24) is 10.3 Å². The van der Waals surface area contributed by atoms with Crippen molar-refractivity contribution in [2.45, 2.75) is 18.9 Å². The summed E-state index contributed by atoms with van der Waals surface area (Å²) in [5, 5.41) is 3.32. The fourth-order valence-corrected chi connectivity index (χ4v) is 2.61. The molecule has 2 heterocycles. The van der Waals surface area contributed by atoms with Gasteiger partial charge in [-0.2, -0.15) is 0 Å². The lowest BCUT2D eigenvalue weighted by molar-refractivity contribution is -0.119. The van der Waals surface area contributed by atoms with E-state index in [1.807, 2.05) is 24.3 Å². The van der Waals surface area contributed by atoms with Crippen LogP contribution in [0.3, 0.4) is 0 Å². The molecule has 96 valence electrons. The largest absolute Gasteiger partial charge is 0.312 e. The van der Waals surface area contributed by atoms with Crippen molar-refractivity contribution in [2.75, 3.05) is 6.54 Å². The van der Waals surface area contributed by atoms with E-state index in [9.17, 15) is 4.79 Å². The molecule has 1 unspecified atom stereocenters. The number of Topliss-reactive ketones (excluding diaryl/α,β-unsaturated/α-hetero) is 1. The monoisotopic (exact) mass is 252 g/mol. The molecular weight excluding hydrogens is 236 g/mol. The fourth-order valence-electron chi connectivity index (χ4n) is 2.61. The Morgan fingerprint density at radius 1 is 1.26 bits per heavy atom. The quantitative estimate of drug-likeness (QED) is 0.909. The summed E-state index contributed by atoms with van der Waals surface area (Å²) in [6.45, 7) is 1.59. The molecule has 1 atom stereocenters. The number of nitrogens with one attached hydrogen (secondary N) is 1. The SMILES string of the molecule is O=C(Cc1cccnc1)C1CNCc2ccccc21. The molecule has 1 aliphatic heterocycles. The highest BCUT2D eigenvalue weighted by Gasteiger charge is 2.25. The van der Waals surface area contributed by atoms with Crippen LogP contribution in [0.5, 0.6) is 0 Å². The van der Waals surface area contributed by atoms with Gasteiger partial charge >= 0.3 is 0 Å². The Hall–Kier alpha value is -2.00. The molecule has 1 aromatic heterocycles. The summed E-state index contributed by atoms with van der Waals surface area (Å²) >= 11 is 0. The lowest BCUT2D eigenvalue weighted by Crippen LogP contribution is -2.33. The smallest absolute Gasteiger partial charge is 0.146 e. The molecule has 19 heavy (non-hydrogen) atoms. The number of pyridine rings is 1. The maximum atomic E-state index is 12.5. The van der Waals surface area contributed by atoms with Crippen molar-refractivity contribution in [1.29, 1.82) is 0 Å². The zero-order chi connectivity index (χ0) is 13.1. The number of rotatable bonds is 3. The number of carbonyl (C=O) groups excluding carboxylic acids is 1. The third-order valence-electron chi connectivity index (χ3n) is 3.58. The molecule has 0 radical (unpaired) electrons. The van der Waals surface area contributed by atoms with E-state index in [4.69, 9.17) is 0 Å².